The van der Waals surface area contributed by atoms with Crippen molar-refractivity contribution in [2.75, 3.05) is 11.4 Å². The van der Waals surface area contributed by atoms with Crippen molar-refractivity contribution in [3.63, 3.8) is 0 Å². The van der Waals surface area contributed by atoms with E-state index in [4.69, 9.17) is 0 Å². The maximum absolute atomic E-state index is 12.6. The first-order valence-corrected chi connectivity index (χ1v) is 6.75. The zero-order valence-electron chi connectivity index (χ0n) is 10.6. The summed E-state index contributed by atoms with van der Waals surface area (Å²) in [5.74, 6) is -0.859. The quantitative estimate of drug-likeness (QED) is 0.815. The number of aromatic nitrogens is 2. The molecule has 4 nitrogen and oxygen atoms in total. The van der Waals surface area contributed by atoms with Gasteiger partial charge in [0.1, 0.15) is 12.4 Å². The van der Waals surface area contributed by atoms with Crippen molar-refractivity contribution < 1.29 is 18.0 Å². The third kappa shape index (κ3) is 4.67. The van der Waals surface area contributed by atoms with Gasteiger partial charge in [0.2, 0.25) is 0 Å². The topological polar surface area (TPSA) is 46.1 Å². The molecule has 0 N–H and O–H groups in total. The molecule has 0 aliphatic carbocycles. The van der Waals surface area contributed by atoms with E-state index in [1.54, 1.807) is 17.0 Å². The van der Waals surface area contributed by atoms with Crippen LogP contribution in [-0.4, -0.2) is 28.6 Å². The van der Waals surface area contributed by atoms with E-state index in [1.165, 1.54) is 35.7 Å². The fraction of sp³-hybridized carbons (Fsp3) is 0.154. The first-order chi connectivity index (χ1) is 9.96. The number of anilines is 1. The summed E-state index contributed by atoms with van der Waals surface area (Å²) in [6, 6.07) is 4.42. The Balaban J connectivity index is 2.21. The Bertz CT molecular complexity index is 611. The van der Waals surface area contributed by atoms with E-state index in [0.29, 0.717) is 10.6 Å². The minimum absolute atomic E-state index is 0.0530. The van der Waals surface area contributed by atoms with Gasteiger partial charge in [-0.1, -0.05) is 6.07 Å². The summed E-state index contributed by atoms with van der Waals surface area (Å²) < 4.78 is 37.8. The molecular formula is C13H10F3N3OS. The molecule has 0 spiro atoms. The standard InChI is InChI=1S/C13H10F3N3OS/c14-13(15,16)8-19(11-3-1-2-6-17-11)12(20)5-4-10-7-21-9-18-10/h1-7,9H,8H2/b5-4+. The minimum Gasteiger partial charge on any atom is -0.284 e. The van der Waals surface area contributed by atoms with Gasteiger partial charge in [-0.3, -0.25) is 9.69 Å². The third-order valence-corrected chi connectivity index (χ3v) is 2.98. The molecule has 2 rings (SSSR count). The zero-order chi connectivity index (χ0) is 15.3. The van der Waals surface area contributed by atoms with Gasteiger partial charge < -0.3 is 0 Å². The Morgan fingerprint density at radius 2 is 2.14 bits per heavy atom. The number of alkyl halides is 3. The largest absolute Gasteiger partial charge is 0.406 e. The molecule has 2 heterocycles. The van der Waals surface area contributed by atoms with Crippen LogP contribution in [0.4, 0.5) is 19.0 Å². The molecule has 1 amide bonds. The molecule has 0 atom stereocenters. The summed E-state index contributed by atoms with van der Waals surface area (Å²) in [6.07, 6.45) is -0.765. The Morgan fingerprint density at radius 3 is 2.71 bits per heavy atom. The fourth-order valence-electron chi connectivity index (χ4n) is 1.52. The lowest BCUT2D eigenvalue weighted by atomic mass is 10.3. The van der Waals surface area contributed by atoms with Gasteiger partial charge in [-0.25, -0.2) is 9.97 Å². The monoisotopic (exact) mass is 313 g/mol. The Kier molecular flexibility index (Phi) is 4.69. The first kappa shape index (κ1) is 15.2. The van der Waals surface area contributed by atoms with Crippen LogP contribution in [0.15, 0.2) is 41.4 Å². The van der Waals surface area contributed by atoms with E-state index in [0.717, 1.165) is 6.08 Å². The number of rotatable bonds is 4. The maximum atomic E-state index is 12.6. The molecule has 0 aliphatic rings. The molecule has 0 aromatic carbocycles. The lowest BCUT2D eigenvalue weighted by Crippen LogP contribution is -2.38. The molecular weight excluding hydrogens is 303 g/mol. The summed E-state index contributed by atoms with van der Waals surface area (Å²) in [6.45, 7) is -1.40. The van der Waals surface area contributed by atoms with Crippen LogP contribution in [0.2, 0.25) is 0 Å². The Morgan fingerprint density at radius 1 is 1.33 bits per heavy atom. The second-order valence-corrected chi connectivity index (χ2v) is 4.69. The number of carbonyl (C=O) groups excluding carboxylic acids is 1. The lowest BCUT2D eigenvalue weighted by Gasteiger charge is -2.21. The molecule has 0 radical (unpaired) electrons. The smallest absolute Gasteiger partial charge is 0.284 e. The molecule has 0 saturated heterocycles. The lowest BCUT2D eigenvalue weighted by molar-refractivity contribution is -0.130. The maximum Gasteiger partial charge on any atom is 0.406 e. The summed E-state index contributed by atoms with van der Waals surface area (Å²) in [5.41, 5.74) is 2.08. The average molecular weight is 313 g/mol. The van der Waals surface area contributed by atoms with Gasteiger partial charge in [0.05, 0.1) is 11.2 Å². The molecule has 2 aromatic rings. The van der Waals surface area contributed by atoms with Crippen LogP contribution in [0.5, 0.6) is 0 Å². The second kappa shape index (κ2) is 6.49. The van der Waals surface area contributed by atoms with Crippen molar-refractivity contribution in [1.82, 2.24) is 9.97 Å². The van der Waals surface area contributed by atoms with Crippen LogP contribution in [0.25, 0.3) is 6.08 Å². The number of hydrogen-bond acceptors (Lipinski definition) is 4. The highest BCUT2D eigenvalue weighted by Gasteiger charge is 2.33. The van der Waals surface area contributed by atoms with E-state index in [-0.39, 0.29) is 5.82 Å². The van der Waals surface area contributed by atoms with Crippen LogP contribution in [0.1, 0.15) is 5.69 Å². The highest BCUT2D eigenvalue weighted by molar-refractivity contribution is 7.07. The van der Waals surface area contributed by atoms with E-state index in [1.807, 2.05) is 0 Å². The third-order valence-electron chi connectivity index (χ3n) is 2.38. The van der Waals surface area contributed by atoms with Gasteiger partial charge in [0.15, 0.2) is 0 Å². The van der Waals surface area contributed by atoms with Crippen molar-refractivity contribution in [2.45, 2.75) is 6.18 Å². The molecule has 21 heavy (non-hydrogen) atoms. The fourth-order valence-corrected chi connectivity index (χ4v) is 2.04. The summed E-state index contributed by atoms with van der Waals surface area (Å²) in [5, 5.41) is 1.68. The van der Waals surface area contributed by atoms with Crippen LogP contribution >= 0.6 is 11.3 Å². The molecule has 8 heteroatoms. The van der Waals surface area contributed by atoms with E-state index in [2.05, 4.69) is 9.97 Å². The summed E-state index contributed by atoms with van der Waals surface area (Å²) >= 11 is 1.33. The average Bonchev–Trinajstić information content (AvgIpc) is 2.95. The Labute approximate surface area is 122 Å². The molecule has 0 saturated carbocycles. The molecule has 0 aliphatic heterocycles. The van der Waals surface area contributed by atoms with Crippen LogP contribution in [0, 0.1) is 0 Å². The summed E-state index contributed by atoms with van der Waals surface area (Å²) in [4.78, 5) is 20.3. The number of amides is 1. The number of pyridine rings is 1. The van der Waals surface area contributed by atoms with Crippen LogP contribution < -0.4 is 4.90 Å². The van der Waals surface area contributed by atoms with Crippen molar-refractivity contribution in [2.24, 2.45) is 0 Å². The van der Waals surface area contributed by atoms with Gasteiger partial charge in [-0.15, -0.1) is 11.3 Å². The predicted molar refractivity (Wildman–Crippen MR) is 73.8 cm³/mol. The molecule has 0 bridgehead atoms. The van der Waals surface area contributed by atoms with E-state index >= 15 is 0 Å². The molecule has 0 fully saturated rings. The Hall–Kier alpha value is -2.22. The van der Waals surface area contributed by atoms with Gasteiger partial charge in [0, 0.05) is 17.7 Å². The molecule has 2 aromatic heterocycles. The predicted octanol–water partition coefficient (Wildman–Crippen LogP) is 3.15. The summed E-state index contributed by atoms with van der Waals surface area (Å²) in [7, 11) is 0. The number of hydrogen-bond donors (Lipinski definition) is 0. The van der Waals surface area contributed by atoms with Gasteiger partial charge in [-0.05, 0) is 18.2 Å². The van der Waals surface area contributed by atoms with Gasteiger partial charge in [0.25, 0.3) is 5.91 Å². The highest BCUT2D eigenvalue weighted by Crippen LogP contribution is 2.21. The molecule has 110 valence electrons. The van der Waals surface area contributed by atoms with Crippen molar-refractivity contribution in [3.8, 4) is 0 Å². The SMILES string of the molecule is O=C(/C=C/c1cscn1)N(CC(F)(F)F)c1ccccn1. The number of thiazole rings is 1. The second-order valence-electron chi connectivity index (χ2n) is 3.97. The first-order valence-electron chi connectivity index (χ1n) is 5.81. The normalized spacial score (nSPS) is 11.8. The highest BCUT2D eigenvalue weighted by atomic mass is 32.1. The van der Waals surface area contributed by atoms with Gasteiger partial charge >= 0.3 is 6.18 Å². The van der Waals surface area contributed by atoms with Crippen molar-refractivity contribution >= 4 is 29.1 Å². The van der Waals surface area contributed by atoms with E-state index < -0.39 is 18.6 Å². The van der Waals surface area contributed by atoms with E-state index in [9.17, 15) is 18.0 Å². The molecule has 0 unspecified atom stereocenters. The number of nitrogens with zero attached hydrogens (tertiary/aromatic N) is 3. The van der Waals surface area contributed by atoms with Crippen molar-refractivity contribution in [1.29, 1.82) is 0 Å². The minimum atomic E-state index is -4.51. The number of carbonyl (C=O) groups is 1. The van der Waals surface area contributed by atoms with Crippen LogP contribution in [0.3, 0.4) is 0 Å². The van der Waals surface area contributed by atoms with Gasteiger partial charge in [-0.2, -0.15) is 13.2 Å². The van der Waals surface area contributed by atoms with Crippen LogP contribution in [-0.2, 0) is 4.79 Å². The number of halogens is 3. The zero-order valence-corrected chi connectivity index (χ0v) is 11.4. The van der Waals surface area contributed by atoms with Crippen molar-refractivity contribution in [3.05, 3.63) is 47.1 Å².